The van der Waals surface area contributed by atoms with Crippen molar-refractivity contribution >= 4 is 23.4 Å². The third-order valence-electron chi connectivity index (χ3n) is 6.40. The van der Waals surface area contributed by atoms with Crippen molar-refractivity contribution in [2.24, 2.45) is 11.1 Å². The van der Waals surface area contributed by atoms with Gasteiger partial charge in [-0.3, -0.25) is 9.59 Å². The highest BCUT2D eigenvalue weighted by atomic mass is 16.4. The first-order chi connectivity index (χ1) is 17.1. The van der Waals surface area contributed by atoms with Gasteiger partial charge in [-0.25, -0.2) is 9.78 Å². The average Bonchev–Trinajstić information content (AvgIpc) is 2.87. The number of aromatic nitrogens is 1. The zero-order valence-corrected chi connectivity index (χ0v) is 20.6. The van der Waals surface area contributed by atoms with Crippen molar-refractivity contribution in [2.75, 3.05) is 6.54 Å². The number of hydrogen-bond donors (Lipinski definition) is 2. The molecule has 0 radical (unpaired) electrons. The lowest BCUT2D eigenvalue weighted by molar-refractivity contribution is 0.0992. The topological polar surface area (TPSA) is 114 Å². The first-order valence-corrected chi connectivity index (χ1v) is 11.8. The quantitative estimate of drug-likeness (QED) is 0.481. The maximum Gasteiger partial charge on any atom is 0.407 e. The molecule has 1 unspecified atom stereocenters. The highest BCUT2D eigenvalue weighted by molar-refractivity contribution is 6.09. The fourth-order valence-corrected chi connectivity index (χ4v) is 4.48. The van der Waals surface area contributed by atoms with Crippen molar-refractivity contribution in [1.29, 1.82) is 0 Å². The van der Waals surface area contributed by atoms with Crippen LogP contribution in [-0.2, 0) is 0 Å². The standard InChI is InChI=1S/C29H29N3O4/c1-29(2,3)24-17-21(15-16-32(24)28(35)36)23-14-13-22(27(30)34)25(31-23)18-9-11-20(12-10-18)26(33)19-7-5-4-6-8-19/h4-14,17,24H,15-16H2,1-3H3,(H2,30,34)(H,35,36). The lowest BCUT2D eigenvalue weighted by Gasteiger charge is -2.40. The molecule has 4 rings (SSSR count). The second kappa shape index (κ2) is 9.77. The fraction of sp³-hybridized carbons (Fsp3) is 0.241. The number of nitrogens with two attached hydrogens (primary N) is 1. The molecule has 1 atom stereocenters. The van der Waals surface area contributed by atoms with E-state index in [1.165, 1.54) is 4.90 Å². The summed E-state index contributed by atoms with van der Waals surface area (Å²) in [4.78, 5) is 43.0. The summed E-state index contributed by atoms with van der Waals surface area (Å²) >= 11 is 0. The number of ketones is 1. The van der Waals surface area contributed by atoms with Gasteiger partial charge in [0.15, 0.2) is 5.78 Å². The molecule has 184 valence electrons. The van der Waals surface area contributed by atoms with Crippen LogP contribution in [0, 0.1) is 5.41 Å². The molecular formula is C29H29N3O4. The Morgan fingerprint density at radius 2 is 1.58 bits per heavy atom. The Morgan fingerprint density at radius 3 is 2.17 bits per heavy atom. The highest BCUT2D eigenvalue weighted by Gasteiger charge is 2.35. The van der Waals surface area contributed by atoms with Crippen LogP contribution in [-0.4, -0.2) is 45.4 Å². The van der Waals surface area contributed by atoms with Crippen molar-refractivity contribution in [2.45, 2.75) is 33.2 Å². The highest BCUT2D eigenvalue weighted by Crippen LogP contribution is 2.34. The van der Waals surface area contributed by atoms with Gasteiger partial charge >= 0.3 is 6.09 Å². The second-order valence-corrected chi connectivity index (χ2v) is 9.96. The number of carbonyl (C=O) groups excluding carboxylic acids is 2. The second-order valence-electron chi connectivity index (χ2n) is 9.96. The summed E-state index contributed by atoms with van der Waals surface area (Å²) in [5.74, 6) is -0.696. The first kappa shape index (κ1) is 24.9. The predicted octanol–water partition coefficient (Wildman–Crippen LogP) is 5.26. The third kappa shape index (κ3) is 5.05. The zero-order chi connectivity index (χ0) is 26.0. The van der Waals surface area contributed by atoms with Gasteiger partial charge in [-0.1, -0.05) is 81.4 Å². The van der Waals surface area contributed by atoms with Crippen molar-refractivity contribution in [3.8, 4) is 11.3 Å². The number of primary amides is 1. The monoisotopic (exact) mass is 483 g/mol. The fourth-order valence-electron chi connectivity index (χ4n) is 4.48. The largest absolute Gasteiger partial charge is 0.465 e. The van der Waals surface area contributed by atoms with Gasteiger partial charge < -0.3 is 15.7 Å². The van der Waals surface area contributed by atoms with E-state index in [-0.39, 0.29) is 22.8 Å². The molecule has 7 heteroatoms. The predicted molar refractivity (Wildman–Crippen MR) is 139 cm³/mol. The van der Waals surface area contributed by atoms with Gasteiger partial charge in [0, 0.05) is 23.2 Å². The van der Waals surface area contributed by atoms with Crippen LogP contribution in [0.4, 0.5) is 4.79 Å². The van der Waals surface area contributed by atoms with Crippen molar-refractivity contribution < 1.29 is 19.5 Å². The van der Waals surface area contributed by atoms with Crippen LogP contribution >= 0.6 is 0 Å². The summed E-state index contributed by atoms with van der Waals surface area (Å²) in [6, 6.07) is 19.0. The number of rotatable bonds is 5. The molecular weight excluding hydrogens is 454 g/mol. The summed E-state index contributed by atoms with van der Waals surface area (Å²) in [7, 11) is 0. The molecule has 0 bridgehead atoms. The molecule has 0 aliphatic carbocycles. The summed E-state index contributed by atoms with van der Waals surface area (Å²) in [6.07, 6.45) is 1.51. The lowest BCUT2D eigenvalue weighted by atomic mass is 9.81. The minimum atomic E-state index is -0.951. The van der Waals surface area contributed by atoms with Crippen LogP contribution in [0.25, 0.3) is 16.8 Å². The maximum absolute atomic E-state index is 12.8. The maximum atomic E-state index is 12.8. The van der Waals surface area contributed by atoms with E-state index in [1.54, 1.807) is 48.5 Å². The van der Waals surface area contributed by atoms with Crippen LogP contribution in [0.1, 0.15) is 59.2 Å². The van der Waals surface area contributed by atoms with E-state index < -0.39 is 12.0 Å². The molecule has 3 N–H and O–H groups in total. The zero-order valence-electron chi connectivity index (χ0n) is 20.6. The van der Waals surface area contributed by atoms with Crippen LogP contribution in [0.2, 0.25) is 0 Å². The number of amides is 2. The molecule has 2 heterocycles. The molecule has 0 saturated heterocycles. The molecule has 2 aromatic carbocycles. The number of hydrogen-bond acceptors (Lipinski definition) is 4. The molecule has 36 heavy (non-hydrogen) atoms. The third-order valence-corrected chi connectivity index (χ3v) is 6.40. The van der Waals surface area contributed by atoms with Crippen molar-refractivity contribution in [1.82, 2.24) is 9.88 Å². The summed E-state index contributed by atoms with van der Waals surface area (Å²) in [5.41, 5.74) is 9.40. The Labute approximate surface area is 210 Å². The molecule has 0 fully saturated rings. The van der Waals surface area contributed by atoms with Gasteiger partial charge in [0.2, 0.25) is 0 Å². The molecule has 1 aliphatic heterocycles. The Morgan fingerprint density at radius 1 is 0.944 bits per heavy atom. The van der Waals surface area contributed by atoms with Crippen molar-refractivity contribution in [3.05, 3.63) is 95.2 Å². The molecule has 1 aromatic heterocycles. The normalized spacial score (nSPS) is 15.8. The Kier molecular flexibility index (Phi) is 6.75. The number of benzene rings is 2. The van der Waals surface area contributed by atoms with Crippen LogP contribution < -0.4 is 5.73 Å². The van der Waals surface area contributed by atoms with E-state index in [0.717, 1.165) is 5.57 Å². The van der Waals surface area contributed by atoms with Crippen LogP contribution in [0.3, 0.4) is 0 Å². The van der Waals surface area contributed by atoms with Gasteiger partial charge in [0.25, 0.3) is 5.91 Å². The number of pyridine rings is 1. The van der Waals surface area contributed by atoms with Gasteiger partial charge in [-0.15, -0.1) is 0 Å². The van der Waals surface area contributed by atoms with E-state index >= 15 is 0 Å². The average molecular weight is 484 g/mol. The van der Waals surface area contributed by atoms with E-state index in [0.29, 0.717) is 41.0 Å². The lowest BCUT2D eigenvalue weighted by Crippen LogP contribution is -2.48. The summed E-state index contributed by atoms with van der Waals surface area (Å²) < 4.78 is 0. The van der Waals surface area contributed by atoms with Gasteiger partial charge in [0.05, 0.1) is 23.0 Å². The number of carbonyl (C=O) groups is 3. The molecule has 1 aliphatic rings. The molecule has 0 spiro atoms. The SMILES string of the molecule is CC(C)(C)C1C=C(c2ccc(C(N)=O)c(-c3ccc(C(=O)c4ccccc4)cc3)n2)CCN1C(=O)O. The van der Waals surface area contributed by atoms with Crippen LogP contribution in [0.15, 0.2) is 72.8 Å². The van der Waals surface area contributed by atoms with E-state index in [4.69, 9.17) is 10.7 Å². The first-order valence-electron chi connectivity index (χ1n) is 11.8. The Bertz CT molecular complexity index is 1340. The van der Waals surface area contributed by atoms with Gasteiger partial charge in [0.1, 0.15) is 0 Å². The van der Waals surface area contributed by atoms with E-state index in [2.05, 4.69) is 0 Å². The van der Waals surface area contributed by atoms with Crippen LogP contribution in [0.5, 0.6) is 0 Å². The van der Waals surface area contributed by atoms with E-state index in [9.17, 15) is 19.5 Å². The molecule has 2 amide bonds. The molecule has 3 aromatic rings. The van der Waals surface area contributed by atoms with Gasteiger partial charge in [-0.2, -0.15) is 0 Å². The smallest absolute Gasteiger partial charge is 0.407 e. The van der Waals surface area contributed by atoms with Crippen molar-refractivity contribution in [3.63, 3.8) is 0 Å². The minimum Gasteiger partial charge on any atom is -0.465 e. The summed E-state index contributed by atoms with van der Waals surface area (Å²) in [5, 5.41) is 9.66. The molecule has 0 saturated carbocycles. The van der Waals surface area contributed by atoms with Gasteiger partial charge in [-0.05, 0) is 29.5 Å². The Hall–Kier alpha value is -4.26. The molecule has 7 nitrogen and oxygen atoms in total. The Balaban J connectivity index is 1.72. The minimum absolute atomic E-state index is 0.0949. The number of nitrogens with zero attached hydrogens (tertiary/aromatic N) is 2. The summed E-state index contributed by atoms with van der Waals surface area (Å²) in [6.45, 7) is 6.36. The van der Waals surface area contributed by atoms with E-state index in [1.807, 2.05) is 45.0 Å². The number of carboxylic acid groups (broad SMARTS) is 1.